The fraction of sp³-hybridized carbons (Fsp3) is 0.538. The van der Waals surface area contributed by atoms with Crippen molar-refractivity contribution in [3.63, 3.8) is 0 Å². The summed E-state index contributed by atoms with van der Waals surface area (Å²) in [4.78, 5) is 0. The predicted octanol–water partition coefficient (Wildman–Crippen LogP) is 0.797. The quantitative estimate of drug-likeness (QED) is 0.861. The average Bonchev–Trinajstić information content (AvgIpc) is 2.67. The SMILES string of the molecule is CC(O)(c1ccc(F)cc1)C1(CN)CCS(=O)(=O)C1. The van der Waals surface area contributed by atoms with E-state index in [9.17, 15) is 17.9 Å². The van der Waals surface area contributed by atoms with Crippen molar-refractivity contribution in [2.24, 2.45) is 11.1 Å². The third-order valence-corrected chi connectivity index (χ3v) is 6.04. The number of aliphatic hydroxyl groups is 1. The van der Waals surface area contributed by atoms with E-state index in [1.807, 2.05) is 0 Å². The lowest BCUT2D eigenvalue weighted by atomic mass is 9.69. The highest BCUT2D eigenvalue weighted by atomic mass is 32.2. The number of sulfone groups is 1. The van der Waals surface area contributed by atoms with Crippen LogP contribution in [-0.4, -0.2) is 31.6 Å². The van der Waals surface area contributed by atoms with Crippen molar-refractivity contribution in [2.45, 2.75) is 18.9 Å². The highest BCUT2D eigenvalue weighted by molar-refractivity contribution is 7.91. The summed E-state index contributed by atoms with van der Waals surface area (Å²) in [6, 6.07) is 5.43. The number of rotatable bonds is 3. The van der Waals surface area contributed by atoms with Gasteiger partial charge in [0.05, 0.1) is 17.1 Å². The zero-order chi connectivity index (χ0) is 14.3. The van der Waals surface area contributed by atoms with Gasteiger partial charge in [0.1, 0.15) is 5.82 Å². The maximum atomic E-state index is 13.0. The van der Waals surface area contributed by atoms with Crippen molar-refractivity contribution in [2.75, 3.05) is 18.1 Å². The number of halogens is 1. The molecule has 1 fully saturated rings. The third kappa shape index (κ3) is 2.40. The summed E-state index contributed by atoms with van der Waals surface area (Å²) in [6.45, 7) is 1.62. The van der Waals surface area contributed by atoms with Gasteiger partial charge in [-0.25, -0.2) is 12.8 Å². The number of hydrogen-bond donors (Lipinski definition) is 2. The predicted molar refractivity (Wildman–Crippen MR) is 70.7 cm³/mol. The molecule has 0 aliphatic carbocycles. The van der Waals surface area contributed by atoms with Gasteiger partial charge in [0.25, 0.3) is 0 Å². The lowest BCUT2D eigenvalue weighted by Gasteiger charge is -2.41. The van der Waals surface area contributed by atoms with E-state index in [2.05, 4.69) is 0 Å². The zero-order valence-electron chi connectivity index (χ0n) is 10.8. The molecule has 6 heteroatoms. The van der Waals surface area contributed by atoms with E-state index >= 15 is 0 Å². The molecule has 2 rings (SSSR count). The summed E-state index contributed by atoms with van der Waals surface area (Å²) in [5.41, 5.74) is 3.91. The molecule has 1 aliphatic rings. The molecule has 0 radical (unpaired) electrons. The van der Waals surface area contributed by atoms with Gasteiger partial charge in [-0.15, -0.1) is 0 Å². The van der Waals surface area contributed by atoms with Crippen LogP contribution >= 0.6 is 0 Å². The lowest BCUT2D eigenvalue weighted by molar-refractivity contribution is -0.0583. The Kier molecular flexibility index (Phi) is 3.45. The second-order valence-corrected chi connectivity index (χ2v) is 7.59. The molecule has 1 saturated heterocycles. The summed E-state index contributed by atoms with van der Waals surface area (Å²) in [5, 5.41) is 10.8. The van der Waals surface area contributed by atoms with E-state index in [0.717, 1.165) is 0 Å². The molecule has 19 heavy (non-hydrogen) atoms. The fourth-order valence-electron chi connectivity index (χ4n) is 2.74. The van der Waals surface area contributed by atoms with E-state index in [1.165, 1.54) is 24.3 Å². The molecule has 2 atom stereocenters. The molecule has 4 nitrogen and oxygen atoms in total. The summed E-state index contributed by atoms with van der Waals surface area (Å²) in [7, 11) is -3.18. The first kappa shape index (κ1) is 14.4. The van der Waals surface area contributed by atoms with Crippen LogP contribution in [0.15, 0.2) is 24.3 Å². The molecule has 3 N–H and O–H groups in total. The zero-order valence-corrected chi connectivity index (χ0v) is 11.6. The van der Waals surface area contributed by atoms with Crippen LogP contribution in [0, 0.1) is 11.2 Å². The van der Waals surface area contributed by atoms with Crippen LogP contribution in [0.25, 0.3) is 0 Å². The number of nitrogens with two attached hydrogens (primary N) is 1. The molecule has 0 spiro atoms. The van der Waals surface area contributed by atoms with Crippen molar-refractivity contribution in [1.29, 1.82) is 0 Å². The van der Waals surface area contributed by atoms with Crippen LogP contribution in [-0.2, 0) is 15.4 Å². The smallest absolute Gasteiger partial charge is 0.151 e. The van der Waals surface area contributed by atoms with Gasteiger partial charge >= 0.3 is 0 Å². The molecular formula is C13H18FNO3S. The number of hydrogen-bond acceptors (Lipinski definition) is 4. The summed E-state index contributed by atoms with van der Waals surface area (Å²) in [6.07, 6.45) is 0.316. The monoisotopic (exact) mass is 287 g/mol. The average molecular weight is 287 g/mol. The molecule has 106 valence electrons. The van der Waals surface area contributed by atoms with Gasteiger partial charge in [-0.3, -0.25) is 0 Å². The second kappa shape index (κ2) is 4.54. The van der Waals surface area contributed by atoms with Gasteiger partial charge in [0.2, 0.25) is 0 Å². The Morgan fingerprint density at radius 3 is 2.42 bits per heavy atom. The highest BCUT2D eigenvalue weighted by Gasteiger charge is 2.53. The topological polar surface area (TPSA) is 80.4 Å². The Hall–Kier alpha value is -0.980. The van der Waals surface area contributed by atoms with E-state index in [-0.39, 0.29) is 18.1 Å². The van der Waals surface area contributed by atoms with E-state index in [1.54, 1.807) is 6.92 Å². The van der Waals surface area contributed by atoms with E-state index in [4.69, 9.17) is 5.73 Å². The van der Waals surface area contributed by atoms with Crippen LogP contribution < -0.4 is 5.73 Å². The molecular weight excluding hydrogens is 269 g/mol. The van der Waals surface area contributed by atoms with Gasteiger partial charge in [-0.1, -0.05) is 12.1 Å². The molecule has 1 aromatic carbocycles. The lowest BCUT2D eigenvalue weighted by Crippen LogP contribution is -2.49. The Labute approximate surface area is 112 Å². The molecule has 1 heterocycles. The molecule has 0 aromatic heterocycles. The first-order valence-corrected chi connectivity index (χ1v) is 7.93. The molecule has 0 amide bonds. The number of benzene rings is 1. The van der Waals surface area contributed by atoms with Crippen molar-refractivity contribution in [1.82, 2.24) is 0 Å². The first-order chi connectivity index (χ1) is 8.72. The van der Waals surface area contributed by atoms with Gasteiger partial charge in [-0.05, 0) is 31.0 Å². The molecule has 0 bridgehead atoms. The second-order valence-electron chi connectivity index (χ2n) is 5.41. The van der Waals surface area contributed by atoms with Crippen LogP contribution in [0.4, 0.5) is 4.39 Å². The maximum absolute atomic E-state index is 13.0. The van der Waals surface area contributed by atoms with Gasteiger partial charge < -0.3 is 10.8 Å². The summed E-state index contributed by atoms with van der Waals surface area (Å²) < 4.78 is 36.4. The summed E-state index contributed by atoms with van der Waals surface area (Å²) >= 11 is 0. The largest absolute Gasteiger partial charge is 0.385 e. The van der Waals surface area contributed by atoms with E-state index < -0.39 is 26.7 Å². The summed E-state index contributed by atoms with van der Waals surface area (Å²) in [5.74, 6) is -0.511. The van der Waals surface area contributed by atoms with Gasteiger partial charge in [-0.2, -0.15) is 0 Å². The Balaban J connectivity index is 2.45. The molecule has 1 aromatic rings. The molecule has 0 saturated carbocycles. The minimum absolute atomic E-state index is 0.0293. The van der Waals surface area contributed by atoms with Crippen LogP contribution in [0.3, 0.4) is 0 Å². The van der Waals surface area contributed by atoms with Gasteiger partial charge in [0, 0.05) is 12.0 Å². The van der Waals surface area contributed by atoms with Crippen LogP contribution in [0.2, 0.25) is 0 Å². The van der Waals surface area contributed by atoms with E-state index in [0.29, 0.717) is 12.0 Å². The van der Waals surface area contributed by atoms with Crippen molar-refractivity contribution in [3.8, 4) is 0 Å². The normalized spacial score (nSPS) is 29.1. The van der Waals surface area contributed by atoms with Crippen LogP contribution in [0.5, 0.6) is 0 Å². The standard InChI is InChI=1S/C13H18FNO3S/c1-12(16,10-2-4-11(14)5-3-10)13(8-15)6-7-19(17,18)9-13/h2-5,16H,6-9,15H2,1H3. The minimum atomic E-state index is -3.18. The Morgan fingerprint density at radius 1 is 1.42 bits per heavy atom. The highest BCUT2D eigenvalue weighted by Crippen LogP contribution is 2.46. The van der Waals surface area contributed by atoms with Crippen molar-refractivity contribution < 1.29 is 17.9 Å². The maximum Gasteiger partial charge on any atom is 0.151 e. The van der Waals surface area contributed by atoms with Crippen molar-refractivity contribution in [3.05, 3.63) is 35.6 Å². The molecule has 1 aliphatic heterocycles. The van der Waals surface area contributed by atoms with Gasteiger partial charge in [0.15, 0.2) is 9.84 Å². The fourth-order valence-corrected chi connectivity index (χ4v) is 4.97. The first-order valence-electron chi connectivity index (χ1n) is 6.11. The molecule has 2 unspecified atom stereocenters. The minimum Gasteiger partial charge on any atom is -0.385 e. The van der Waals surface area contributed by atoms with Crippen molar-refractivity contribution >= 4 is 9.84 Å². The Bertz CT molecular complexity index is 568. The Morgan fingerprint density at radius 2 is 2.00 bits per heavy atom. The van der Waals surface area contributed by atoms with Crippen LogP contribution in [0.1, 0.15) is 18.9 Å². The third-order valence-electron chi connectivity index (χ3n) is 4.22.